The van der Waals surface area contributed by atoms with Gasteiger partial charge in [-0.2, -0.15) is 0 Å². The lowest BCUT2D eigenvalue weighted by Gasteiger charge is -2.32. The van der Waals surface area contributed by atoms with Gasteiger partial charge in [0.2, 0.25) is 5.91 Å². The van der Waals surface area contributed by atoms with E-state index in [1.165, 1.54) is 0 Å². The van der Waals surface area contributed by atoms with E-state index in [0.29, 0.717) is 49.0 Å². The molecule has 1 aromatic rings. The Hall–Kier alpha value is -1.79. The van der Waals surface area contributed by atoms with Crippen LogP contribution in [0.15, 0.2) is 18.2 Å². The van der Waals surface area contributed by atoms with Crippen molar-refractivity contribution in [2.24, 2.45) is 11.7 Å². The Morgan fingerprint density at radius 1 is 1.42 bits per heavy atom. The Labute approximate surface area is 160 Å². The first-order chi connectivity index (χ1) is 12.2. The number of rotatable bonds is 7. The molecule has 1 aromatic carbocycles. The van der Waals surface area contributed by atoms with Crippen molar-refractivity contribution in [2.45, 2.75) is 39.2 Å². The first kappa shape index (κ1) is 20.5. The lowest BCUT2D eigenvalue weighted by atomic mass is 10.1. The summed E-state index contributed by atoms with van der Waals surface area (Å²) in [5, 5.41) is 3.29. The maximum atomic E-state index is 12.4. The Morgan fingerprint density at radius 3 is 2.73 bits per heavy atom. The molecule has 0 aromatic heterocycles. The summed E-state index contributed by atoms with van der Waals surface area (Å²) >= 11 is 6.18. The zero-order valence-electron chi connectivity index (χ0n) is 15.7. The number of carbonyl (C=O) groups excluding carboxylic acids is 2. The highest BCUT2D eigenvalue weighted by atomic mass is 35.5. The Balaban J connectivity index is 1.88. The van der Waals surface area contributed by atoms with Crippen LogP contribution in [0.2, 0.25) is 5.02 Å². The molecule has 6 nitrogen and oxygen atoms in total. The summed E-state index contributed by atoms with van der Waals surface area (Å²) in [4.78, 5) is 26.3. The molecule has 1 unspecified atom stereocenters. The van der Waals surface area contributed by atoms with Crippen molar-refractivity contribution in [1.82, 2.24) is 10.2 Å². The van der Waals surface area contributed by atoms with Crippen LogP contribution in [0, 0.1) is 5.92 Å². The molecule has 1 atom stereocenters. The molecule has 144 valence electrons. The second-order valence-corrected chi connectivity index (χ2v) is 8.00. The maximum Gasteiger partial charge on any atom is 0.251 e. The van der Waals surface area contributed by atoms with Crippen LogP contribution in [0.25, 0.3) is 0 Å². The molecule has 0 spiro atoms. The van der Waals surface area contributed by atoms with Crippen LogP contribution in [0.3, 0.4) is 0 Å². The van der Waals surface area contributed by atoms with Crippen LogP contribution < -0.4 is 15.8 Å². The van der Waals surface area contributed by atoms with E-state index < -0.39 is 0 Å². The van der Waals surface area contributed by atoms with Crippen LogP contribution in [-0.2, 0) is 4.79 Å². The Morgan fingerprint density at radius 2 is 2.15 bits per heavy atom. The fourth-order valence-corrected chi connectivity index (χ4v) is 3.17. The van der Waals surface area contributed by atoms with Crippen LogP contribution >= 0.6 is 11.6 Å². The van der Waals surface area contributed by atoms with Crippen molar-refractivity contribution < 1.29 is 14.3 Å². The number of amides is 2. The van der Waals surface area contributed by atoms with Crippen molar-refractivity contribution in [3.8, 4) is 5.75 Å². The molecule has 1 fully saturated rings. The number of hydrogen-bond acceptors (Lipinski definition) is 4. The highest BCUT2D eigenvalue weighted by Crippen LogP contribution is 2.27. The summed E-state index contributed by atoms with van der Waals surface area (Å²) in [5.41, 5.74) is 5.71. The predicted molar refractivity (Wildman–Crippen MR) is 103 cm³/mol. The molecule has 0 radical (unpaired) electrons. The van der Waals surface area contributed by atoms with Gasteiger partial charge in [0, 0.05) is 36.5 Å². The van der Waals surface area contributed by atoms with E-state index in [2.05, 4.69) is 5.32 Å². The monoisotopic (exact) mass is 381 g/mol. The zero-order chi connectivity index (χ0) is 19.3. The highest BCUT2D eigenvalue weighted by molar-refractivity contribution is 6.32. The van der Waals surface area contributed by atoms with Gasteiger partial charge in [0.25, 0.3) is 5.91 Å². The first-order valence-corrected chi connectivity index (χ1v) is 9.31. The molecule has 0 bridgehead atoms. The van der Waals surface area contributed by atoms with Crippen molar-refractivity contribution in [3.63, 3.8) is 0 Å². The number of carbonyl (C=O) groups is 2. The second kappa shape index (κ2) is 8.73. The number of nitrogens with two attached hydrogens (primary N) is 1. The van der Waals surface area contributed by atoms with Crippen LogP contribution in [0.5, 0.6) is 5.75 Å². The Kier molecular flexibility index (Phi) is 6.89. The van der Waals surface area contributed by atoms with Crippen molar-refractivity contribution in [2.75, 3.05) is 26.2 Å². The van der Waals surface area contributed by atoms with Gasteiger partial charge in [0.15, 0.2) is 0 Å². The second-order valence-electron chi connectivity index (χ2n) is 7.59. The number of likely N-dealkylation sites (tertiary alicyclic amines) is 1. The van der Waals surface area contributed by atoms with Gasteiger partial charge in [-0.3, -0.25) is 9.59 Å². The van der Waals surface area contributed by atoms with Crippen LogP contribution in [-0.4, -0.2) is 48.5 Å². The third kappa shape index (κ3) is 5.35. The topological polar surface area (TPSA) is 84.7 Å². The average molecular weight is 382 g/mol. The molecular weight excluding hydrogens is 354 g/mol. The molecule has 7 heteroatoms. The number of hydrogen-bond donors (Lipinski definition) is 2. The van der Waals surface area contributed by atoms with Gasteiger partial charge >= 0.3 is 0 Å². The fourth-order valence-electron chi connectivity index (χ4n) is 2.93. The quantitative estimate of drug-likeness (QED) is 0.710. The smallest absolute Gasteiger partial charge is 0.251 e. The minimum atomic E-state index is -0.206. The van der Waals surface area contributed by atoms with Gasteiger partial charge < -0.3 is 20.7 Å². The van der Waals surface area contributed by atoms with E-state index >= 15 is 0 Å². The van der Waals surface area contributed by atoms with E-state index in [1.807, 2.05) is 25.7 Å². The lowest BCUT2D eigenvalue weighted by molar-refractivity contribution is -0.131. The fraction of sp³-hybridized carbons (Fsp3) is 0.579. The maximum absolute atomic E-state index is 12.4. The van der Waals surface area contributed by atoms with E-state index in [-0.39, 0.29) is 23.3 Å². The number of nitrogens with one attached hydrogen (secondary N) is 1. The third-order valence-corrected chi connectivity index (χ3v) is 4.66. The van der Waals surface area contributed by atoms with Gasteiger partial charge in [-0.05, 0) is 51.9 Å². The molecule has 2 rings (SSSR count). The van der Waals surface area contributed by atoms with Crippen molar-refractivity contribution >= 4 is 23.4 Å². The molecule has 1 saturated heterocycles. The van der Waals surface area contributed by atoms with E-state index in [4.69, 9.17) is 22.1 Å². The standard InChI is InChI=1S/C19H28ClN3O3/c1-19(2,3)23-12-13(9-17(23)24)11-22-18(25)14-5-6-16(15(20)10-14)26-8-4-7-21/h5-6,10,13H,4,7-9,11-12,21H2,1-3H3,(H,22,25). The number of nitrogens with zero attached hydrogens (tertiary/aromatic N) is 1. The normalized spacial score (nSPS) is 17.5. The van der Waals surface area contributed by atoms with E-state index in [1.54, 1.807) is 18.2 Å². The van der Waals surface area contributed by atoms with Crippen molar-refractivity contribution in [1.29, 1.82) is 0 Å². The molecule has 1 aliphatic heterocycles. The average Bonchev–Trinajstić information content (AvgIpc) is 2.95. The van der Waals surface area contributed by atoms with Gasteiger partial charge in [-0.15, -0.1) is 0 Å². The molecular formula is C19H28ClN3O3. The van der Waals surface area contributed by atoms with Crippen LogP contribution in [0.1, 0.15) is 44.0 Å². The summed E-state index contributed by atoms with van der Waals surface area (Å²) in [6.45, 7) is 8.22. The molecule has 1 aliphatic rings. The highest BCUT2D eigenvalue weighted by Gasteiger charge is 2.36. The van der Waals surface area contributed by atoms with E-state index in [9.17, 15) is 9.59 Å². The lowest BCUT2D eigenvalue weighted by Crippen LogP contribution is -2.42. The van der Waals surface area contributed by atoms with Gasteiger partial charge in [-0.25, -0.2) is 0 Å². The van der Waals surface area contributed by atoms with Crippen LogP contribution in [0.4, 0.5) is 0 Å². The van der Waals surface area contributed by atoms with Gasteiger partial charge in [0.1, 0.15) is 5.75 Å². The SMILES string of the molecule is CC(C)(C)N1CC(CNC(=O)c2ccc(OCCCN)c(Cl)c2)CC1=O. The molecule has 0 aliphatic carbocycles. The van der Waals surface area contributed by atoms with E-state index in [0.717, 1.165) is 6.42 Å². The minimum Gasteiger partial charge on any atom is -0.492 e. The molecule has 1 heterocycles. The summed E-state index contributed by atoms with van der Waals surface area (Å²) in [6.07, 6.45) is 1.20. The molecule has 2 amide bonds. The Bertz CT molecular complexity index is 658. The summed E-state index contributed by atoms with van der Waals surface area (Å²) in [7, 11) is 0. The summed E-state index contributed by atoms with van der Waals surface area (Å²) < 4.78 is 5.52. The first-order valence-electron chi connectivity index (χ1n) is 8.93. The third-order valence-electron chi connectivity index (χ3n) is 4.37. The number of benzene rings is 1. The zero-order valence-corrected chi connectivity index (χ0v) is 16.4. The molecule has 3 N–H and O–H groups in total. The predicted octanol–water partition coefficient (Wildman–Crippen LogP) is 2.44. The van der Waals surface area contributed by atoms with Crippen molar-refractivity contribution in [3.05, 3.63) is 28.8 Å². The summed E-state index contributed by atoms with van der Waals surface area (Å²) in [6, 6.07) is 4.96. The number of halogens is 1. The minimum absolute atomic E-state index is 0.125. The number of ether oxygens (including phenoxy) is 1. The summed E-state index contributed by atoms with van der Waals surface area (Å²) in [5.74, 6) is 0.597. The molecule has 26 heavy (non-hydrogen) atoms. The van der Waals surface area contributed by atoms with Gasteiger partial charge in [0.05, 0.1) is 11.6 Å². The largest absolute Gasteiger partial charge is 0.492 e. The van der Waals surface area contributed by atoms with Gasteiger partial charge in [-0.1, -0.05) is 11.6 Å². The molecule has 0 saturated carbocycles.